The van der Waals surface area contributed by atoms with Gasteiger partial charge >= 0.3 is 11.9 Å². The van der Waals surface area contributed by atoms with Crippen LogP contribution in [-0.4, -0.2) is 70.9 Å². The number of aromatic nitrogens is 4. The highest BCUT2D eigenvalue weighted by Crippen LogP contribution is 2.40. The molecular formula is C26H23ClFN5O8. The average Bonchev–Trinajstić information content (AvgIpc) is 3.47. The maximum Gasteiger partial charge on any atom is 0.348 e. The molecule has 0 bridgehead atoms. The summed E-state index contributed by atoms with van der Waals surface area (Å²) in [6, 6.07) is 14.8. The lowest BCUT2D eigenvalue weighted by Gasteiger charge is -2.30. The van der Waals surface area contributed by atoms with Crippen LogP contribution in [0.15, 0.2) is 60.9 Å². The number of nitrogens with zero attached hydrogens (tertiary/aromatic N) is 4. The first-order chi connectivity index (χ1) is 19.5. The first-order valence-electron chi connectivity index (χ1n) is 12.1. The Kier molecular flexibility index (Phi) is 7.48. The molecule has 1 aliphatic rings. The number of carbonyl (C=O) groups is 2. The molecule has 5 N–H and O–H groups in total. The van der Waals surface area contributed by atoms with Crippen molar-refractivity contribution in [3.63, 3.8) is 0 Å². The lowest BCUT2D eigenvalue weighted by molar-refractivity contribution is -0.238. The molecule has 0 amide bonds. The fourth-order valence-electron chi connectivity index (χ4n) is 4.41. The Morgan fingerprint density at radius 3 is 2.56 bits per heavy atom. The smallest absolute Gasteiger partial charge is 0.348 e. The van der Waals surface area contributed by atoms with E-state index in [0.29, 0.717) is 11.5 Å². The van der Waals surface area contributed by atoms with Crippen molar-refractivity contribution >= 4 is 40.5 Å². The van der Waals surface area contributed by atoms with E-state index in [-0.39, 0.29) is 34.2 Å². The Hall–Kier alpha value is -4.37. The van der Waals surface area contributed by atoms with Gasteiger partial charge < -0.3 is 35.3 Å². The van der Waals surface area contributed by atoms with Crippen LogP contribution in [0.1, 0.15) is 18.2 Å². The summed E-state index contributed by atoms with van der Waals surface area (Å²) in [7, 11) is 0. The summed E-state index contributed by atoms with van der Waals surface area (Å²) >= 11 is 5.87. The topological polar surface area (TPSA) is 192 Å². The zero-order valence-electron chi connectivity index (χ0n) is 21.1. The number of anilines is 1. The minimum Gasteiger partial charge on any atom is -0.479 e. The molecule has 214 valence electrons. The van der Waals surface area contributed by atoms with Gasteiger partial charge in [-0.25, -0.2) is 19.0 Å². The summed E-state index contributed by atoms with van der Waals surface area (Å²) < 4.78 is 33.6. The number of aliphatic hydroxyl groups is 1. The van der Waals surface area contributed by atoms with Crippen molar-refractivity contribution in [3.8, 4) is 11.5 Å². The van der Waals surface area contributed by atoms with E-state index in [1.54, 1.807) is 42.5 Å². The highest BCUT2D eigenvalue weighted by Gasteiger charge is 2.55. The molecule has 0 aliphatic carbocycles. The second-order valence-corrected chi connectivity index (χ2v) is 9.62. The van der Waals surface area contributed by atoms with E-state index in [4.69, 9.17) is 31.5 Å². The van der Waals surface area contributed by atoms with Crippen LogP contribution in [0.4, 0.5) is 10.2 Å². The van der Waals surface area contributed by atoms with E-state index < -0.39 is 48.8 Å². The number of para-hydroxylation sites is 1. The van der Waals surface area contributed by atoms with Gasteiger partial charge in [0, 0.05) is 12.8 Å². The summed E-state index contributed by atoms with van der Waals surface area (Å²) in [5.41, 5.74) is 3.36. The number of rotatable bonds is 10. The monoisotopic (exact) mass is 587 g/mol. The molecule has 15 heteroatoms. The van der Waals surface area contributed by atoms with E-state index in [1.165, 1.54) is 23.0 Å². The van der Waals surface area contributed by atoms with E-state index in [0.717, 1.165) is 0 Å². The van der Waals surface area contributed by atoms with Crippen LogP contribution in [0.2, 0.25) is 5.28 Å². The standard InChI is InChI=1S/C26H23ClFN5O8/c27-24-31-20(29)19-21(32-24)33(13-30-19)18-10-17(34)26(28,41-18)12-39-25(22(35)36,23(37)38)11-14-5-4-8-16(9-14)40-15-6-2-1-3-7-15/h1-9,13,17-18,34H,10-12H2,(H,35,36)(H,37,38)(H2,29,31,32)/t17-,18-,26+/m1/s1. The van der Waals surface area contributed by atoms with Crippen molar-refractivity contribution in [2.24, 2.45) is 0 Å². The van der Waals surface area contributed by atoms with Gasteiger partial charge in [-0.05, 0) is 41.4 Å². The van der Waals surface area contributed by atoms with Crippen LogP contribution in [0, 0.1) is 0 Å². The van der Waals surface area contributed by atoms with E-state index in [9.17, 15) is 24.9 Å². The van der Waals surface area contributed by atoms with Crippen molar-refractivity contribution in [1.82, 2.24) is 19.5 Å². The number of aliphatic carboxylic acids is 2. The first-order valence-corrected chi connectivity index (χ1v) is 12.5. The molecule has 41 heavy (non-hydrogen) atoms. The molecule has 2 aromatic heterocycles. The van der Waals surface area contributed by atoms with Gasteiger partial charge in [-0.2, -0.15) is 9.97 Å². The van der Waals surface area contributed by atoms with Crippen molar-refractivity contribution in [1.29, 1.82) is 0 Å². The van der Waals surface area contributed by atoms with Gasteiger partial charge in [0.05, 0.1) is 6.33 Å². The molecule has 2 aromatic carbocycles. The van der Waals surface area contributed by atoms with Crippen LogP contribution in [0.5, 0.6) is 11.5 Å². The van der Waals surface area contributed by atoms with Crippen molar-refractivity contribution in [3.05, 3.63) is 71.8 Å². The quantitative estimate of drug-likeness (QED) is 0.157. The van der Waals surface area contributed by atoms with Crippen LogP contribution < -0.4 is 10.5 Å². The van der Waals surface area contributed by atoms with Gasteiger partial charge in [-0.3, -0.25) is 4.57 Å². The number of nitrogens with two attached hydrogens (primary N) is 1. The highest BCUT2D eigenvalue weighted by atomic mass is 35.5. The molecular weight excluding hydrogens is 565 g/mol. The average molecular weight is 588 g/mol. The predicted molar refractivity (Wildman–Crippen MR) is 140 cm³/mol. The molecule has 1 aliphatic heterocycles. The van der Waals surface area contributed by atoms with E-state index in [2.05, 4.69) is 15.0 Å². The van der Waals surface area contributed by atoms with Gasteiger partial charge in [-0.15, -0.1) is 0 Å². The predicted octanol–water partition coefficient (Wildman–Crippen LogP) is 2.97. The number of imidazole rings is 1. The molecule has 0 unspecified atom stereocenters. The molecule has 3 atom stereocenters. The van der Waals surface area contributed by atoms with E-state index >= 15 is 4.39 Å². The Bertz CT molecular complexity index is 1590. The van der Waals surface area contributed by atoms with Gasteiger partial charge in [0.1, 0.15) is 36.0 Å². The first kappa shape index (κ1) is 28.2. The number of hydrogen-bond acceptors (Lipinski definition) is 10. The number of fused-ring (bicyclic) bond motifs is 1. The number of nitrogen functional groups attached to an aromatic ring is 1. The van der Waals surface area contributed by atoms with Crippen molar-refractivity contribution in [2.75, 3.05) is 12.3 Å². The Balaban J connectivity index is 1.36. The summed E-state index contributed by atoms with van der Waals surface area (Å²) in [6.45, 7) is -1.23. The lowest BCUT2D eigenvalue weighted by atomic mass is 9.94. The largest absolute Gasteiger partial charge is 0.479 e. The number of benzene rings is 2. The van der Waals surface area contributed by atoms with Gasteiger partial charge in [0.2, 0.25) is 5.28 Å². The SMILES string of the molecule is Nc1nc(Cl)nc2c1ncn2[C@H]1C[C@@H](O)[C@](F)(COC(Cc2cccc(Oc3ccccc3)c2)(C(=O)O)C(=O)O)O1. The lowest BCUT2D eigenvalue weighted by Crippen LogP contribution is -2.54. The third-order valence-electron chi connectivity index (χ3n) is 6.52. The molecule has 0 saturated carbocycles. The minimum absolute atomic E-state index is 0.0296. The number of halogens is 2. The van der Waals surface area contributed by atoms with Crippen LogP contribution in [0.3, 0.4) is 0 Å². The Morgan fingerprint density at radius 2 is 1.85 bits per heavy atom. The Labute approximate surface area is 235 Å². The Morgan fingerprint density at radius 1 is 1.15 bits per heavy atom. The molecule has 1 saturated heterocycles. The maximum absolute atomic E-state index is 15.9. The fraction of sp³-hybridized carbons (Fsp3) is 0.269. The van der Waals surface area contributed by atoms with E-state index in [1.807, 2.05) is 0 Å². The molecule has 13 nitrogen and oxygen atoms in total. The van der Waals surface area contributed by atoms with Gasteiger partial charge in [0.15, 0.2) is 11.5 Å². The molecule has 0 radical (unpaired) electrons. The highest BCUT2D eigenvalue weighted by molar-refractivity contribution is 6.28. The summed E-state index contributed by atoms with van der Waals surface area (Å²) in [5.74, 6) is -5.96. The zero-order chi connectivity index (χ0) is 29.4. The van der Waals surface area contributed by atoms with Crippen molar-refractivity contribution < 1.29 is 43.5 Å². The number of alkyl halides is 1. The zero-order valence-corrected chi connectivity index (χ0v) is 21.8. The van der Waals surface area contributed by atoms with Crippen molar-refractivity contribution in [2.45, 2.75) is 36.6 Å². The summed E-state index contributed by atoms with van der Waals surface area (Å²) in [6.07, 6.45) is -2.81. The molecule has 1 fully saturated rings. The minimum atomic E-state index is -2.99. The third-order valence-corrected chi connectivity index (χ3v) is 6.69. The molecule has 4 aromatic rings. The van der Waals surface area contributed by atoms with Gasteiger partial charge in [0.25, 0.3) is 11.5 Å². The maximum atomic E-state index is 15.9. The number of hydrogen-bond donors (Lipinski definition) is 4. The number of ether oxygens (including phenoxy) is 3. The van der Waals surface area contributed by atoms with Gasteiger partial charge in [-0.1, -0.05) is 30.3 Å². The fourth-order valence-corrected chi connectivity index (χ4v) is 4.58. The van der Waals surface area contributed by atoms with Crippen LogP contribution >= 0.6 is 11.6 Å². The molecule has 3 heterocycles. The number of carboxylic acid groups (broad SMARTS) is 2. The summed E-state index contributed by atoms with van der Waals surface area (Å²) in [4.78, 5) is 36.4. The molecule has 5 rings (SSSR count). The number of carboxylic acids is 2. The second-order valence-electron chi connectivity index (χ2n) is 9.28. The third kappa shape index (κ3) is 5.50. The molecule has 0 spiro atoms. The van der Waals surface area contributed by atoms with Crippen LogP contribution in [0.25, 0.3) is 11.2 Å². The normalized spacial score (nSPS) is 20.8. The van der Waals surface area contributed by atoms with Crippen LogP contribution in [-0.2, 0) is 25.5 Å². The second kappa shape index (κ2) is 10.9. The number of aliphatic hydroxyl groups excluding tert-OH is 1. The summed E-state index contributed by atoms with van der Waals surface area (Å²) in [5, 5.41) is 30.2.